The number of halogens is 2. The second kappa shape index (κ2) is 10.1. The van der Waals surface area contributed by atoms with Gasteiger partial charge < -0.3 is 14.9 Å². The highest BCUT2D eigenvalue weighted by Crippen LogP contribution is 2.45. The van der Waals surface area contributed by atoms with Crippen molar-refractivity contribution in [3.05, 3.63) is 88.0 Å². The summed E-state index contributed by atoms with van der Waals surface area (Å²) in [5, 5.41) is 22.3. The van der Waals surface area contributed by atoms with Gasteiger partial charge in [-0.05, 0) is 23.8 Å². The Kier molecular flexibility index (Phi) is 7.12. The zero-order valence-electron chi connectivity index (χ0n) is 18.4. The van der Waals surface area contributed by atoms with Gasteiger partial charge in [0.15, 0.2) is 11.6 Å². The predicted octanol–water partition coefficient (Wildman–Crippen LogP) is 4.75. The summed E-state index contributed by atoms with van der Waals surface area (Å²) in [7, 11) is 1.55. The minimum atomic E-state index is -0.621. The van der Waals surface area contributed by atoms with Crippen molar-refractivity contribution in [2.24, 2.45) is 0 Å². The van der Waals surface area contributed by atoms with Crippen LogP contribution in [0.5, 0.6) is 17.2 Å². The van der Waals surface area contributed by atoms with Crippen molar-refractivity contribution in [2.75, 3.05) is 32.0 Å². The highest BCUT2D eigenvalue weighted by atomic mass is 35.5. The van der Waals surface area contributed by atoms with E-state index in [-0.39, 0.29) is 39.3 Å². The summed E-state index contributed by atoms with van der Waals surface area (Å²) in [6, 6.07) is 14.3. The first-order valence-electron chi connectivity index (χ1n) is 10.7. The van der Waals surface area contributed by atoms with Gasteiger partial charge in [-0.2, -0.15) is 0 Å². The van der Waals surface area contributed by atoms with E-state index in [2.05, 4.69) is 0 Å². The molecule has 0 fully saturated rings. The van der Waals surface area contributed by atoms with Crippen LogP contribution in [-0.2, 0) is 0 Å². The molecule has 0 radical (unpaired) electrons. The molecule has 8 heteroatoms. The van der Waals surface area contributed by atoms with Crippen LogP contribution in [0.3, 0.4) is 0 Å². The topological polar surface area (TPSA) is 87.1 Å². The van der Waals surface area contributed by atoms with Crippen molar-refractivity contribution in [2.45, 2.75) is 6.04 Å². The Morgan fingerprint density at radius 2 is 1.50 bits per heavy atom. The van der Waals surface area contributed by atoms with Crippen molar-refractivity contribution in [3.63, 3.8) is 0 Å². The summed E-state index contributed by atoms with van der Waals surface area (Å²) >= 11 is 12.1. The van der Waals surface area contributed by atoms with Crippen LogP contribution in [0.25, 0.3) is 0 Å². The number of nitrogens with zero attached hydrogens (tertiary/aromatic N) is 1. The second-order valence-corrected chi connectivity index (χ2v) is 8.64. The van der Waals surface area contributed by atoms with Gasteiger partial charge in [0.05, 0.1) is 24.3 Å². The van der Waals surface area contributed by atoms with E-state index >= 15 is 0 Å². The molecule has 0 heterocycles. The molecular formula is C26H23Cl2NO5. The summed E-state index contributed by atoms with van der Waals surface area (Å²) in [4.78, 5) is 28.4. The Morgan fingerprint density at radius 1 is 0.882 bits per heavy atom. The van der Waals surface area contributed by atoms with E-state index in [0.29, 0.717) is 30.6 Å². The summed E-state index contributed by atoms with van der Waals surface area (Å²) < 4.78 is 5.37. The molecule has 1 unspecified atom stereocenters. The molecule has 0 bridgehead atoms. The number of methoxy groups -OCH3 is 1. The zero-order valence-corrected chi connectivity index (χ0v) is 19.9. The zero-order chi connectivity index (χ0) is 24.4. The molecule has 176 valence electrons. The third kappa shape index (κ3) is 4.13. The number of carbonyl (C=O) groups is 2. The van der Waals surface area contributed by atoms with Gasteiger partial charge in [-0.1, -0.05) is 36.4 Å². The average molecular weight is 500 g/mol. The van der Waals surface area contributed by atoms with Crippen molar-refractivity contribution < 1.29 is 24.5 Å². The van der Waals surface area contributed by atoms with E-state index < -0.39 is 17.6 Å². The standard InChI is InChI=1S/C26H23Cl2NO5/c1-34-16-6-4-5-15(13-16)23(29(11-9-27)12-10-28)19-14-20(30)21-22(26(19)33)25(32)18-8-3-2-7-17(18)24(21)31/h2-8,13-14,23,30,33H,9-12H2,1H3. The predicted molar refractivity (Wildman–Crippen MR) is 131 cm³/mol. The second-order valence-electron chi connectivity index (χ2n) is 7.88. The Hall–Kier alpha value is -3.06. The Bertz CT molecular complexity index is 1250. The normalized spacial score (nSPS) is 13.5. The SMILES string of the molecule is COc1cccc(C(c2cc(O)c3c(c2O)C(=O)c2ccccc2C3=O)N(CCCl)CCCl)c1. The minimum Gasteiger partial charge on any atom is -0.507 e. The van der Waals surface area contributed by atoms with Crippen LogP contribution in [0.15, 0.2) is 54.6 Å². The van der Waals surface area contributed by atoms with Gasteiger partial charge in [0.2, 0.25) is 0 Å². The fourth-order valence-electron chi connectivity index (χ4n) is 4.47. The molecule has 0 aromatic heterocycles. The minimum absolute atomic E-state index is 0.183. The third-order valence-electron chi connectivity index (χ3n) is 5.99. The van der Waals surface area contributed by atoms with Crippen molar-refractivity contribution in [1.29, 1.82) is 0 Å². The molecule has 1 aliphatic carbocycles. The lowest BCUT2D eigenvalue weighted by atomic mass is 9.80. The van der Waals surface area contributed by atoms with Crippen LogP contribution in [0.4, 0.5) is 0 Å². The number of ketones is 2. The Labute approximate surface area is 207 Å². The lowest BCUT2D eigenvalue weighted by Crippen LogP contribution is -2.33. The first-order valence-corrected chi connectivity index (χ1v) is 11.8. The molecule has 3 aromatic rings. The molecule has 3 aromatic carbocycles. The van der Waals surface area contributed by atoms with Crippen LogP contribution >= 0.6 is 23.2 Å². The summed E-state index contributed by atoms with van der Waals surface area (Å²) in [5.41, 5.74) is 0.971. The van der Waals surface area contributed by atoms with Gasteiger partial charge in [0.25, 0.3) is 0 Å². The van der Waals surface area contributed by atoms with Crippen LogP contribution < -0.4 is 4.74 Å². The lowest BCUT2D eigenvalue weighted by Gasteiger charge is -2.33. The van der Waals surface area contributed by atoms with E-state index in [1.165, 1.54) is 18.2 Å². The van der Waals surface area contributed by atoms with Crippen LogP contribution in [0.2, 0.25) is 0 Å². The quantitative estimate of drug-likeness (QED) is 0.268. The Balaban J connectivity index is 1.96. The van der Waals surface area contributed by atoms with Crippen molar-refractivity contribution in [3.8, 4) is 17.2 Å². The number of hydrogen-bond acceptors (Lipinski definition) is 6. The number of carbonyl (C=O) groups excluding carboxylic acids is 2. The molecule has 1 atom stereocenters. The van der Waals surface area contributed by atoms with Crippen LogP contribution in [0.1, 0.15) is 49.0 Å². The average Bonchev–Trinajstić information content (AvgIpc) is 2.85. The van der Waals surface area contributed by atoms with E-state index in [9.17, 15) is 19.8 Å². The number of phenols is 2. The number of hydrogen-bond donors (Lipinski definition) is 2. The fraction of sp³-hybridized carbons (Fsp3) is 0.231. The number of fused-ring (bicyclic) bond motifs is 2. The summed E-state index contributed by atoms with van der Waals surface area (Å²) in [5.74, 6) is -0.588. The number of benzene rings is 3. The summed E-state index contributed by atoms with van der Waals surface area (Å²) in [6.45, 7) is 0.840. The van der Waals surface area contributed by atoms with Gasteiger partial charge in [-0.15, -0.1) is 23.2 Å². The monoisotopic (exact) mass is 499 g/mol. The molecule has 1 aliphatic rings. The number of rotatable bonds is 8. The number of phenolic OH excluding ortho intramolecular Hbond substituents is 2. The molecule has 0 saturated carbocycles. The largest absolute Gasteiger partial charge is 0.507 e. The molecule has 2 N–H and O–H groups in total. The molecule has 0 aliphatic heterocycles. The number of alkyl halides is 2. The lowest BCUT2D eigenvalue weighted by molar-refractivity contribution is 0.0973. The fourth-order valence-corrected chi connectivity index (χ4v) is 4.91. The first-order chi connectivity index (χ1) is 16.4. The molecule has 0 amide bonds. The molecule has 0 saturated heterocycles. The van der Waals surface area contributed by atoms with E-state index in [1.54, 1.807) is 37.4 Å². The maximum absolute atomic E-state index is 13.4. The number of ether oxygens (including phenoxy) is 1. The molecule has 4 rings (SSSR count). The molecule has 6 nitrogen and oxygen atoms in total. The van der Waals surface area contributed by atoms with Gasteiger partial charge in [-0.3, -0.25) is 14.5 Å². The van der Waals surface area contributed by atoms with Gasteiger partial charge >= 0.3 is 0 Å². The maximum atomic E-state index is 13.4. The highest BCUT2D eigenvalue weighted by molar-refractivity contribution is 6.30. The van der Waals surface area contributed by atoms with Gasteiger partial charge in [0, 0.05) is 41.5 Å². The molecule has 34 heavy (non-hydrogen) atoms. The Morgan fingerprint density at radius 3 is 2.09 bits per heavy atom. The first kappa shape index (κ1) is 24.1. The maximum Gasteiger partial charge on any atom is 0.198 e. The van der Waals surface area contributed by atoms with Crippen LogP contribution in [-0.4, -0.2) is 58.6 Å². The van der Waals surface area contributed by atoms with E-state index in [0.717, 1.165) is 5.56 Å². The van der Waals surface area contributed by atoms with Crippen LogP contribution in [0, 0.1) is 0 Å². The van der Waals surface area contributed by atoms with Gasteiger partial charge in [0.1, 0.15) is 17.2 Å². The van der Waals surface area contributed by atoms with E-state index in [4.69, 9.17) is 27.9 Å². The molecule has 0 spiro atoms. The summed E-state index contributed by atoms with van der Waals surface area (Å²) in [6.07, 6.45) is 0. The third-order valence-corrected chi connectivity index (χ3v) is 6.33. The van der Waals surface area contributed by atoms with E-state index in [1.807, 2.05) is 11.0 Å². The van der Waals surface area contributed by atoms with Crippen molar-refractivity contribution >= 4 is 34.8 Å². The van der Waals surface area contributed by atoms with Gasteiger partial charge in [-0.25, -0.2) is 0 Å². The number of aromatic hydroxyl groups is 2. The van der Waals surface area contributed by atoms with Crippen molar-refractivity contribution in [1.82, 2.24) is 4.90 Å². The molecular weight excluding hydrogens is 477 g/mol. The highest BCUT2D eigenvalue weighted by Gasteiger charge is 2.37. The smallest absolute Gasteiger partial charge is 0.198 e.